The molecule has 1 fully saturated rings. The van der Waals surface area contributed by atoms with Gasteiger partial charge in [-0.15, -0.1) is 0 Å². The SMILES string of the molecule is CC(CN1CCN(S(=O)(=O)c2ccc3[nH]c(=O)[nH]c(=O)c3c2)CC1)Nc1ncnc2c(-c3cccc(CN(C)C)c3)cccc12. The second kappa shape index (κ2) is 12.5. The van der Waals surface area contributed by atoms with E-state index in [1.165, 1.54) is 28.1 Å². The van der Waals surface area contributed by atoms with Gasteiger partial charge in [0.15, 0.2) is 0 Å². The van der Waals surface area contributed by atoms with E-state index in [1.54, 1.807) is 6.33 Å². The third kappa shape index (κ3) is 6.52. The fourth-order valence-electron chi connectivity index (χ4n) is 5.91. The lowest BCUT2D eigenvalue weighted by atomic mass is 10.00. The molecule has 6 rings (SSSR count). The average molecular weight is 629 g/mol. The van der Waals surface area contributed by atoms with E-state index in [1.807, 2.05) is 12.1 Å². The quantitative estimate of drug-likeness (QED) is 0.224. The molecule has 5 aromatic rings. The number of piperazine rings is 1. The van der Waals surface area contributed by atoms with Gasteiger partial charge in [-0.05, 0) is 62.5 Å². The van der Waals surface area contributed by atoms with E-state index in [-0.39, 0.29) is 21.8 Å². The zero-order chi connectivity index (χ0) is 31.7. The first kappa shape index (κ1) is 30.6. The van der Waals surface area contributed by atoms with Gasteiger partial charge >= 0.3 is 5.69 Å². The predicted molar refractivity (Wildman–Crippen MR) is 176 cm³/mol. The fraction of sp³-hybridized carbons (Fsp3) is 0.312. The van der Waals surface area contributed by atoms with Crippen LogP contribution in [0.4, 0.5) is 5.82 Å². The number of H-pyrrole nitrogens is 2. The lowest BCUT2D eigenvalue weighted by Gasteiger charge is -2.35. The van der Waals surface area contributed by atoms with Gasteiger partial charge in [-0.2, -0.15) is 4.31 Å². The number of hydrogen-bond donors (Lipinski definition) is 3. The summed E-state index contributed by atoms with van der Waals surface area (Å²) in [6.45, 7) is 5.40. The number of fused-ring (bicyclic) bond motifs is 2. The Morgan fingerprint density at radius 1 is 0.933 bits per heavy atom. The molecule has 0 amide bonds. The predicted octanol–water partition coefficient (Wildman–Crippen LogP) is 2.70. The number of para-hydroxylation sites is 1. The average Bonchev–Trinajstić information content (AvgIpc) is 3.01. The molecule has 1 saturated heterocycles. The maximum absolute atomic E-state index is 13.4. The molecule has 1 aliphatic heterocycles. The first-order valence-electron chi connectivity index (χ1n) is 14.8. The zero-order valence-corrected chi connectivity index (χ0v) is 26.3. The molecular weight excluding hydrogens is 592 g/mol. The van der Waals surface area contributed by atoms with E-state index in [2.05, 4.69) is 86.4 Å². The van der Waals surface area contributed by atoms with Crippen molar-refractivity contribution in [3.05, 3.63) is 93.4 Å². The maximum atomic E-state index is 13.4. The highest BCUT2D eigenvalue weighted by Crippen LogP contribution is 2.31. The normalized spacial score (nSPS) is 15.6. The van der Waals surface area contributed by atoms with E-state index in [0.717, 1.165) is 34.4 Å². The molecule has 0 spiro atoms. The molecule has 1 aliphatic rings. The van der Waals surface area contributed by atoms with Crippen LogP contribution in [-0.2, 0) is 16.6 Å². The molecule has 1 unspecified atom stereocenters. The molecule has 3 heterocycles. The zero-order valence-electron chi connectivity index (χ0n) is 25.4. The molecule has 0 radical (unpaired) electrons. The topological polar surface area (TPSA) is 147 Å². The standard InChI is InChI=1S/C32H36N8O4S/c1-21(35-30-26-9-5-8-25(29(26)33-20-34-30)23-7-4-6-22(16-23)19-38(2)3)18-39-12-14-40(15-13-39)45(43,44)24-10-11-28-27(17-24)31(41)37-32(42)36-28/h4-11,16-17,20-21H,12-15,18-19H2,1-3H3,(H,33,34,35)(H2,36,37,41,42). The van der Waals surface area contributed by atoms with Gasteiger partial charge in [-0.1, -0.05) is 30.3 Å². The van der Waals surface area contributed by atoms with Gasteiger partial charge in [0.05, 0.1) is 21.3 Å². The van der Waals surface area contributed by atoms with Crippen molar-refractivity contribution in [2.45, 2.75) is 24.4 Å². The Bertz CT molecular complexity index is 2090. The van der Waals surface area contributed by atoms with Crippen LogP contribution < -0.4 is 16.6 Å². The van der Waals surface area contributed by atoms with Crippen LogP contribution in [0, 0.1) is 0 Å². The molecule has 1 atom stereocenters. The minimum atomic E-state index is -3.81. The summed E-state index contributed by atoms with van der Waals surface area (Å²) < 4.78 is 28.2. The molecule has 13 heteroatoms. The van der Waals surface area contributed by atoms with Crippen molar-refractivity contribution >= 4 is 37.6 Å². The number of aromatic nitrogens is 4. The summed E-state index contributed by atoms with van der Waals surface area (Å²) in [7, 11) is 0.298. The number of anilines is 1. The molecule has 45 heavy (non-hydrogen) atoms. The van der Waals surface area contributed by atoms with Crippen LogP contribution in [0.15, 0.2) is 81.5 Å². The Morgan fingerprint density at radius 3 is 2.49 bits per heavy atom. The van der Waals surface area contributed by atoms with Gasteiger partial charge in [0.25, 0.3) is 5.56 Å². The fourth-order valence-corrected chi connectivity index (χ4v) is 7.36. The first-order chi connectivity index (χ1) is 21.6. The summed E-state index contributed by atoms with van der Waals surface area (Å²) in [4.78, 5) is 42.0. The number of benzene rings is 3. The number of rotatable bonds is 9. The smallest absolute Gasteiger partial charge is 0.326 e. The van der Waals surface area contributed by atoms with Crippen LogP contribution in [0.2, 0.25) is 0 Å². The number of nitrogens with zero attached hydrogens (tertiary/aromatic N) is 5. The van der Waals surface area contributed by atoms with Crippen molar-refractivity contribution in [1.29, 1.82) is 0 Å². The molecule has 234 valence electrons. The van der Waals surface area contributed by atoms with Gasteiger partial charge in [-0.3, -0.25) is 14.7 Å². The third-order valence-corrected chi connectivity index (χ3v) is 9.89. The number of sulfonamides is 1. The molecule has 0 aliphatic carbocycles. The van der Waals surface area contributed by atoms with Crippen molar-refractivity contribution in [1.82, 2.24) is 34.0 Å². The van der Waals surface area contributed by atoms with Crippen LogP contribution in [0.5, 0.6) is 0 Å². The molecule has 12 nitrogen and oxygen atoms in total. The van der Waals surface area contributed by atoms with Crippen LogP contribution in [0.3, 0.4) is 0 Å². The van der Waals surface area contributed by atoms with E-state index in [9.17, 15) is 18.0 Å². The van der Waals surface area contributed by atoms with Gasteiger partial charge in [0.2, 0.25) is 10.0 Å². The highest BCUT2D eigenvalue weighted by Gasteiger charge is 2.29. The summed E-state index contributed by atoms with van der Waals surface area (Å²) in [5.74, 6) is 0.757. The van der Waals surface area contributed by atoms with Crippen molar-refractivity contribution in [2.24, 2.45) is 0 Å². The van der Waals surface area contributed by atoms with E-state index < -0.39 is 21.3 Å². The second-order valence-electron chi connectivity index (χ2n) is 11.7. The highest BCUT2D eigenvalue weighted by atomic mass is 32.2. The largest absolute Gasteiger partial charge is 0.366 e. The summed E-state index contributed by atoms with van der Waals surface area (Å²) in [6.07, 6.45) is 1.59. The van der Waals surface area contributed by atoms with Crippen molar-refractivity contribution < 1.29 is 8.42 Å². The third-order valence-electron chi connectivity index (χ3n) is 8.00. The lowest BCUT2D eigenvalue weighted by molar-refractivity contribution is 0.184. The van der Waals surface area contributed by atoms with Crippen molar-refractivity contribution in [2.75, 3.05) is 52.1 Å². The summed E-state index contributed by atoms with van der Waals surface area (Å²) in [5, 5.41) is 4.61. The lowest BCUT2D eigenvalue weighted by Crippen LogP contribution is -2.50. The minimum Gasteiger partial charge on any atom is -0.366 e. The molecule has 2 aromatic heterocycles. The van der Waals surface area contributed by atoms with Gasteiger partial charge < -0.3 is 15.2 Å². The maximum Gasteiger partial charge on any atom is 0.326 e. The Morgan fingerprint density at radius 2 is 1.71 bits per heavy atom. The van der Waals surface area contributed by atoms with E-state index in [4.69, 9.17) is 0 Å². The van der Waals surface area contributed by atoms with Crippen LogP contribution >= 0.6 is 0 Å². The summed E-state index contributed by atoms with van der Waals surface area (Å²) in [5.41, 5.74) is 3.29. The van der Waals surface area contributed by atoms with Crippen LogP contribution in [0.25, 0.3) is 32.9 Å². The summed E-state index contributed by atoms with van der Waals surface area (Å²) >= 11 is 0. The monoisotopic (exact) mass is 628 g/mol. The number of nitrogens with one attached hydrogen (secondary N) is 3. The Kier molecular flexibility index (Phi) is 8.51. The molecule has 0 saturated carbocycles. The van der Waals surface area contributed by atoms with Crippen LogP contribution in [0.1, 0.15) is 12.5 Å². The van der Waals surface area contributed by atoms with Gasteiger partial charge in [0.1, 0.15) is 12.1 Å². The van der Waals surface area contributed by atoms with E-state index >= 15 is 0 Å². The highest BCUT2D eigenvalue weighted by molar-refractivity contribution is 7.89. The van der Waals surface area contributed by atoms with E-state index in [0.29, 0.717) is 32.7 Å². The first-order valence-corrected chi connectivity index (χ1v) is 16.3. The summed E-state index contributed by atoms with van der Waals surface area (Å²) in [6, 6.07) is 18.9. The number of aromatic amines is 2. The Hall–Kier alpha value is -4.43. The second-order valence-corrected chi connectivity index (χ2v) is 13.7. The van der Waals surface area contributed by atoms with Gasteiger partial charge in [0, 0.05) is 56.3 Å². The molecule has 3 N–H and O–H groups in total. The molecule has 0 bridgehead atoms. The number of hydrogen-bond acceptors (Lipinski definition) is 9. The molecule has 3 aromatic carbocycles. The molecular formula is C32H36N8O4S. The minimum absolute atomic E-state index is 0.0236. The van der Waals surface area contributed by atoms with Gasteiger partial charge in [-0.25, -0.2) is 23.2 Å². The van der Waals surface area contributed by atoms with Crippen molar-refractivity contribution in [3.63, 3.8) is 0 Å². The van der Waals surface area contributed by atoms with Crippen molar-refractivity contribution in [3.8, 4) is 11.1 Å². The van der Waals surface area contributed by atoms with Crippen LogP contribution in [-0.4, -0.2) is 95.3 Å². The Labute approximate surface area is 260 Å². The Balaban J connectivity index is 1.12.